The van der Waals surface area contributed by atoms with E-state index in [1.807, 2.05) is 4.68 Å². The van der Waals surface area contributed by atoms with E-state index in [4.69, 9.17) is 5.73 Å². The van der Waals surface area contributed by atoms with Gasteiger partial charge >= 0.3 is 0 Å². The topological polar surface area (TPSA) is 73.8 Å². The maximum Gasteiger partial charge on any atom is 0.140 e. The van der Waals surface area contributed by atoms with Crippen LogP contribution in [0, 0.1) is 11.8 Å². The molecule has 0 aliphatic rings. The summed E-state index contributed by atoms with van der Waals surface area (Å²) >= 11 is 0. The number of hydrogen-bond acceptors (Lipinski definition) is 4. The lowest BCUT2D eigenvalue weighted by Crippen LogP contribution is -2.17. The molecule has 0 amide bonds. The summed E-state index contributed by atoms with van der Waals surface area (Å²) in [6.07, 6.45) is 5.46. The van der Waals surface area contributed by atoms with Crippen molar-refractivity contribution in [2.75, 3.05) is 6.54 Å². The zero-order valence-corrected chi connectivity index (χ0v) is 13.0. The molecule has 2 N–H and O–H groups in total. The van der Waals surface area contributed by atoms with Gasteiger partial charge in [0.15, 0.2) is 0 Å². The number of carbonyl (C=O) groups is 1. The average molecular weight is 280 g/mol. The molecule has 0 saturated heterocycles. The van der Waals surface area contributed by atoms with Crippen molar-refractivity contribution in [3.8, 4) is 0 Å². The normalized spacial score (nSPS) is 12.8. The van der Waals surface area contributed by atoms with Crippen LogP contribution in [-0.2, 0) is 17.8 Å². The smallest absolute Gasteiger partial charge is 0.140 e. The monoisotopic (exact) mass is 280 g/mol. The van der Waals surface area contributed by atoms with E-state index in [1.165, 1.54) is 6.33 Å². The number of ketones is 1. The fourth-order valence-corrected chi connectivity index (χ4v) is 2.46. The minimum Gasteiger partial charge on any atom is -0.330 e. The predicted molar refractivity (Wildman–Crippen MR) is 80.3 cm³/mol. The molecule has 0 radical (unpaired) electrons. The molecular formula is C15H28N4O. The summed E-state index contributed by atoms with van der Waals surface area (Å²) < 4.78 is 1.83. The van der Waals surface area contributed by atoms with Gasteiger partial charge in [-0.25, -0.2) is 9.67 Å². The van der Waals surface area contributed by atoms with E-state index < -0.39 is 0 Å². The van der Waals surface area contributed by atoms with Crippen LogP contribution in [0.4, 0.5) is 0 Å². The predicted octanol–water partition coefficient (Wildman–Crippen LogP) is 2.20. The molecule has 1 unspecified atom stereocenters. The molecule has 0 aromatic carbocycles. The Kier molecular flexibility index (Phi) is 7.44. The highest BCUT2D eigenvalue weighted by Gasteiger charge is 2.16. The van der Waals surface area contributed by atoms with E-state index in [1.54, 1.807) is 0 Å². The second-order valence-electron chi connectivity index (χ2n) is 5.73. The van der Waals surface area contributed by atoms with Crippen LogP contribution in [0.2, 0.25) is 0 Å². The van der Waals surface area contributed by atoms with Crippen LogP contribution in [0.1, 0.15) is 52.3 Å². The van der Waals surface area contributed by atoms with E-state index in [9.17, 15) is 4.79 Å². The number of nitrogens with zero attached hydrogens (tertiary/aromatic N) is 3. The van der Waals surface area contributed by atoms with Crippen LogP contribution >= 0.6 is 0 Å². The maximum atomic E-state index is 12.1. The third-order valence-electron chi connectivity index (χ3n) is 3.76. The molecule has 5 nitrogen and oxygen atoms in total. The van der Waals surface area contributed by atoms with E-state index in [0.29, 0.717) is 31.2 Å². The summed E-state index contributed by atoms with van der Waals surface area (Å²) in [4.78, 5) is 16.3. The van der Waals surface area contributed by atoms with Crippen molar-refractivity contribution in [2.45, 2.75) is 59.4 Å². The number of Topliss-reactive ketones (excluding diaryl/α,β-unsaturated/α-hetero) is 1. The van der Waals surface area contributed by atoms with Gasteiger partial charge in [0.25, 0.3) is 0 Å². The Morgan fingerprint density at radius 3 is 2.75 bits per heavy atom. The Morgan fingerprint density at radius 2 is 2.15 bits per heavy atom. The molecule has 0 bridgehead atoms. The molecule has 0 spiro atoms. The average Bonchev–Trinajstić information content (AvgIpc) is 2.82. The van der Waals surface area contributed by atoms with Crippen molar-refractivity contribution in [3.05, 3.63) is 12.2 Å². The van der Waals surface area contributed by atoms with Crippen molar-refractivity contribution in [1.29, 1.82) is 0 Å². The summed E-state index contributed by atoms with van der Waals surface area (Å²) in [6, 6.07) is 0. The zero-order valence-electron chi connectivity index (χ0n) is 13.0. The molecule has 114 valence electrons. The maximum absolute atomic E-state index is 12.1. The van der Waals surface area contributed by atoms with Gasteiger partial charge in [-0.05, 0) is 37.6 Å². The zero-order chi connectivity index (χ0) is 15.0. The first kappa shape index (κ1) is 16.8. The lowest BCUT2D eigenvalue weighted by Gasteiger charge is -2.19. The highest BCUT2D eigenvalue weighted by molar-refractivity contribution is 5.80. The molecule has 0 aliphatic heterocycles. The van der Waals surface area contributed by atoms with Crippen LogP contribution in [0.3, 0.4) is 0 Å². The number of hydrogen-bond donors (Lipinski definition) is 1. The second kappa shape index (κ2) is 8.84. The molecule has 0 saturated carbocycles. The van der Waals surface area contributed by atoms with Crippen molar-refractivity contribution in [1.82, 2.24) is 14.8 Å². The largest absolute Gasteiger partial charge is 0.330 e. The Labute approximate surface area is 122 Å². The first-order chi connectivity index (χ1) is 9.58. The summed E-state index contributed by atoms with van der Waals surface area (Å²) in [6.45, 7) is 8.00. The van der Waals surface area contributed by atoms with Crippen LogP contribution in [0.25, 0.3) is 0 Å². The molecule has 0 aliphatic carbocycles. The Morgan fingerprint density at radius 1 is 1.40 bits per heavy atom. The van der Waals surface area contributed by atoms with Crippen molar-refractivity contribution >= 4 is 5.78 Å². The summed E-state index contributed by atoms with van der Waals surface area (Å²) in [5.41, 5.74) is 5.63. The Balaban J connectivity index is 2.44. The number of nitrogens with two attached hydrogens (primary N) is 1. The van der Waals surface area contributed by atoms with E-state index in [2.05, 4.69) is 30.9 Å². The fraction of sp³-hybridized carbons (Fsp3) is 0.800. The molecule has 1 atom stereocenters. The standard InChI is InChI=1S/C15H28N4O/c1-4-9-19-15(17-11-18-19)10-14(20)6-5-13(7-8-16)12(2)3/h11-13H,4-10,16H2,1-3H3. The fourth-order valence-electron chi connectivity index (χ4n) is 2.46. The molecule has 1 aromatic heterocycles. The molecule has 1 heterocycles. The van der Waals surface area contributed by atoms with Gasteiger partial charge in [0.05, 0.1) is 6.42 Å². The number of aryl methyl sites for hydroxylation is 1. The third kappa shape index (κ3) is 5.41. The minimum absolute atomic E-state index is 0.248. The first-order valence-electron chi connectivity index (χ1n) is 7.66. The van der Waals surface area contributed by atoms with Crippen LogP contribution in [0.5, 0.6) is 0 Å². The quantitative estimate of drug-likeness (QED) is 0.713. The number of carbonyl (C=O) groups excluding carboxylic acids is 1. The van der Waals surface area contributed by atoms with Crippen LogP contribution in [-0.4, -0.2) is 27.1 Å². The van der Waals surface area contributed by atoms with Gasteiger partial charge in [-0.3, -0.25) is 4.79 Å². The summed E-state index contributed by atoms with van der Waals surface area (Å²) in [5, 5.41) is 4.15. The minimum atomic E-state index is 0.248. The van der Waals surface area contributed by atoms with Gasteiger partial charge in [-0.15, -0.1) is 0 Å². The second-order valence-corrected chi connectivity index (χ2v) is 5.73. The molecule has 20 heavy (non-hydrogen) atoms. The van der Waals surface area contributed by atoms with E-state index in [-0.39, 0.29) is 5.78 Å². The molecule has 1 rings (SSSR count). The summed E-state index contributed by atoms with van der Waals surface area (Å²) in [7, 11) is 0. The van der Waals surface area contributed by atoms with Gasteiger partial charge in [0.2, 0.25) is 0 Å². The lowest BCUT2D eigenvalue weighted by atomic mass is 9.87. The first-order valence-corrected chi connectivity index (χ1v) is 7.66. The highest BCUT2D eigenvalue weighted by atomic mass is 16.1. The number of aromatic nitrogens is 3. The van der Waals surface area contributed by atoms with Crippen molar-refractivity contribution in [3.63, 3.8) is 0 Å². The Hall–Kier alpha value is -1.23. The molecule has 1 aromatic rings. The Bertz CT molecular complexity index is 400. The molecule has 0 fully saturated rings. The van der Waals surface area contributed by atoms with Crippen LogP contribution in [0.15, 0.2) is 6.33 Å². The molecular weight excluding hydrogens is 252 g/mol. The van der Waals surface area contributed by atoms with E-state index in [0.717, 1.165) is 31.6 Å². The summed E-state index contributed by atoms with van der Waals surface area (Å²) in [5.74, 6) is 2.15. The third-order valence-corrected chi connectivity index (χ3v) is 3.76. The molecule has 5 heteroatoms. The number of rotatable bonds is 10. The van der Waals surface area contributed by atoms with E-state index >= 15 is 0 Å². The van der Waals surface area contributed by atoms with Crippen molar-refractivity contribution < 1.29 is 4.79 Å². The SMILES string of the molecule is CCCn1ncnc1CC(=O)CCC(CCN)C(C)C. The van der Waals surface area contributed by atoms with Gasteiger partial charge < -0.3 is 5.73 Å². The highest BCUT2D eigenvalue weighted by Crippen LogP contribution is 2.20. The van der Waals surface area contributed by atoms with Gasteiger partial charge in [0, 0.05) is 13.0 Å². The van der Waals surface area contributed by atoms with Gasteiger partial charge in [-0.1, -0.05) is 20.8 Å². The van der Waals surface area contributed by atoms with Gasteiger partial charge in [-0.2, -0.15) is 5.10 Å². The van der Waals surface area contributed by atoms with Gasteiger partial charge in [0.1, 0.15) is 17.9 Å². The lowest BCUT2D eigenvalue weighted by molar-refractivity contribution is -0.118. The van der Waals surface area contributed by atoms with Crippen molar-refractivity contribution in [2.24, 2.45) is 17.6 Å². The van der Waals surface area contributed by atoms with Crippen LogP contribution < -0.4 is 5.73 Å².